The lowest BCUT2D eigenvalue weighted by Crippen LogP contribution is -2.22. The second-order valence-electron chi connectivity index (χ2n) is 4.90. The molecule has 1 aromatic heterocycles. The van der Waals surface area contributed by atoms with E-state index < -0.39 is 0 Å². The summed E-state index contributed by atoms with van der Waals surface area (Å²) in [6.45, 7) is 9.50. The van der Waals surface area contributed by atoms with Crippen molar-refractivity contribution < 1.29 is 0 Å². The molecule has 0 saturated heterocycles. The number of hydrogen-bond donors (Lipinski definition) is 1. The molecule has 0 fully saturated rings. The number of aryl methyl sites for hydroxylation is 3. The highest BCUT2D eigenvalue weighted by Gasteiger charge is 2.19. The molecule has 1 heterocycles. The third-order valence-corrected chi connectivity index (χ3v) is 5.02. The highest BCUT2D eigenvalue weighted by Crippen LogP contribution is 2.36. The van der Waals surface area contributed by atoms with Gasteiger partial charge in [-0.15, -0.1) is 11.3 Å². The maximum absolute atomic E-state index is 6.23. The maximum atomic E-state index is 6.23. The Morgan fingerprint density at radius 1 is 1.16 bits per heavy atom. The highest BCUT2D eigenvalue weighted by atomic mass is 35.5. The SMILES string of the molecule is CCNC(c1cc(C)c(Cl)s1)c1c(C)cccc1C. The number of rotatable bonds is 4. The van der Waals surface area contributed by atoms with E-state index in [2.05, 4.69) is 57.3 Å². The van der Waals surface area contributed by atoms with E-state index >= 15 is 0 Å². The lowest BCUT2D eigenvalue weighted by molar-refractivity contribution is 0.633. The summed E-state index contributed by atoms with van der Waals surface area (Å²) in [6, 6.07) is 8.90. The molecule has 0 aliphatic heterocycles. The summed E-state index contributed by atoms with van der Waals surface area (Å²) < 4.78 is 0.893. The van der Waals surface area contributed by atoms with Crippen molar-refractivity contribution in [2.45, 2.75) is 33.7 Å². The van der Waals surface area contributed by atoms with Gasteiger partial charge >= 0.3 is 0 Å². The van der Waals surface area contributed by atoms with Crippen LogP contribution in [0.1, 0.15) is 40.1 Å². The van der Waals surface area contributed by atoms with Crippen molar-refractivity contribution >= 4 is 22.9 Å². The van der Waals surface area contributed by atoms with Crippen molar-refractivity contribution in [3.8, 4) is 0 Å². The van der Waals surface area contributed by atoms with Gasteiger partial charge in [-0.05, 0) is 55.6 Å². The Balaban J connectivity index is 2.51. The summed E-state index contributed by atoms with van der Waals surface area (Å²) in [5.41, 5.74) is 5.19. The second kappa shape index (κ2) is 6.08. The molecule has 1 unspecified atom stereocenters. The highest BCUT2D eigenvalue weighted by molar-refractivity contribution is 7.16. The van der Waals surface area contributed by atoms with Crippen LogP contribution in [0.5, 0.6) is 0 Å². The average molecular weight is 294 g/mol. The Morgan fingerprint density at radius 2 is 1.79 bits per heavy atom. The predicted molar refractivity (Wildman–Crippen MR) is 85.5 cm³/mol. The van der Waals surface area contributed by atoms with E-state index in [0.717, 1.165) is 16.4 Å². The van der Waals surface area contributed by atoms with Crippen LogP contribution in [-0.2, 0) is 0 Å². The molecular formula is C16H20ClNS. The summed E-state index contributed by atoms with van der Waals surface area (Å²) in [5.74, 6) is 0. The lowest BCUT2D eigenvalue weighted by Gasteiger charge is -2.21. The molecule has 0 aliphatic rings. The number of halogens is 1. The van der Waals surface area contributed by atoms with Gasteiger partial charge in [0.05, 0.1) is 10.4 Å². The van der Waals surface area contributed by atoms with Crippen LogP contribution in [0, 0.1) is 20.8 Å². The normalized spacial score (nSPS) is 12.7. The van der Waals surface area contributed by atoms with Gasteiger partial charge in [0.25, 0.3) is 0 Å². The molecule has 0 radical (unpaired) electrons. The smallest absolute Gasteiger partial charge is 0.0961 e. The molecular weight excluding hydrogens is 274 g/mol. The summed E-state index contributed by atoms with van der Waals surface area (Å²) >= 11 is 7.91. The zero-order valence-electron chi connectivity index (χ0n) is 11.9. The third kappa shape index (κ3) is 3.02. The molecule has 1 atom stereocenters. The Kier molecular flexibility index (Phi) is 4.67. The first-order valence-electron chi connectivity index (χ1n) is 6.60. The zero-order valence-corrected chi connectivity index (χ0v) is 13.5. The fourth-order valence-corrected chi connectivity index (χ4v) is 3.76. The van der Waals surface area contributed by atoms with Crippen LogP contribution in [0.4, 0.5) is 0 Å². The van der Waals surface area contributed by atoms with Crippen molar-refractivity contribution in [3.05, 3.63) is 55.7 Å². The van der Waals surface area contributed by atoms with Gasteiger partial charge in [0, 0.05) is 4.88 Å². The quantitative estimate of drug-likeness (QED) is 0.834. The maximum Gasteiger partial charge on any atom is 0.0961 e. The zero-order chi connectivity index (χ0) is 14.0. The Labute approximate surface area is 124 Å². The number of thiophene rings is 1. The molecule has 1 N–H and O–H groups in total. The van der Waals surface area contributed by atoms with E-state index in [-0.39, 0.29) is 6.04 Å². The van der Waals surface area contributed by atoms with Crippen LogP contribution in [0.15, 0.2) is 24.3 Å². The van der Waals surface area contributed by atoms with E-state index in [1.54, 1.807) is 11.3 Å². The molecule has 0 bridgehead atoms. The van der Waals surface area contributed by atoms with E-state index in [0.29, 0.717) is 0 Å². The predicted octanol–water partition coefficient (Wildman–Crippen LogP) is 5.03. The molecule has 102 valence electrons. The average Bonchev–Trinajstić information content (AvgIpc) is 2.68. The van der Waals surface area contributed by atoms with Gasteiger partial charge in [0.15, 0.2) is 0 Å². The summed E-state index contributed by atoms with van der Waals surface area (Å²) in [5, 5.41) is 3.59. The molecule has 0 aliphatic carbocycles. The van der Waals surface area contributed by atoms with Gasteiger partial charge in [0.2, 0.25) is 0 Å². The minimum Gasteiger partial charge on any atom is -0.306 e. The van der Waals surface area contributed by atoms with Gasteiger partial charge < -0.3 is 5.32 Å². The van der Waals surface area contributed by atoms with Crippen LogP contribution in [0.25, 0.3) is 0 Å². The summed E-state index contributed by atoms with van der Waals surface area (Å²) in [4.78, 5) is 1.29. The van der Waals surface area contributed by atoms with Gasteiger partial charge in [0.1, 0.15) is 0 Å². The molecule has 2 rings (SSSR count). The second-order valence-corrected chi connectivity index (χ2v) is 6.59. The fraction of sp³-hybridized carbons (Fsp3) is 0.375. The van der Waals surface area contributed by atoms with Gasteiger partial charge in [-0.25, -0.2) is 0 Å². The van der Waals surface area contributed by atoms with Crippen molar-refractivity contribution in [2.75, 3.05) is 6.54 Å². The van der Waals surface area contributed by atoms with E-state index in [9.17, 15) is 0 Å². The largest absolute Gasteiger partial charge is 0.306 e. The van der Waals surface area contributed by atoms with Crippen LogP contribution in [-0.4, -0.2) is 6.54 Å². The molecule has 0 saturated carbocycles. The third-order valence-electron chi connectivity index (χ3n) is 3.40. The number of hydrogen-bond acceptors (Lipinski definition) is 2. The van der Waals surface area contributed by atoms with E-state index in [4.69, 9.17) is 11.6 Å². The summed E-state index contributed by atoms with van der Waals surface area (Å²) in [6.07, 6.45) is 0. The number of benzene rings is 1. The Morgan fingerprint density at radius 3 is 2.26 bits per heavy atom. The minimum atomic E-state index is 0.238. The molecule has 0 amide bonds. The first kappa shape index (κ1) is 14.6. The minimum absolute atomic E-state index is 0.238. The van der Waals surface area contributed by atoms with Crippen LogP contribution < -0.4 is 5.32 Å². The van der Waals surface area contributed by atoms with Gasteiger partial charge in [-0.1, -0.05) is 36.7 Å². The van der Waals surface area contributed by atoms with Gasteiger partial charge in [-0.2, -0.15) is 0 Å². The molecule has 0 spiro atoms. The molecule has 3 heteroatoms. The summed E-state index contributed by atoms with van der Waals surface area (Å²) in [7, 11) is 0. The fourth-order valence-electron chi connectivity index (χ4n) is 2.46. The topological polar surface area (TPSA) is 12.0 Å². The lowest BCUT2D eigenvalue weighted by atomic mass is 9.95. The van der Waals surface area contributed by atoms with Crippen molar-refractivity contribution in [2.24, 2.45) is 0 Å². The molecule has 19 heavy (non-hydrogen) atoms. The van der Waals surface area contributed by atoms with Crippen LogP contribution in [0.2, 0.25) is 4.34 Å². The van der Waals surface area contributed by atoms with Gasteiger partial charge in [-0.3, -0.25) is 0 Å². The monoisotopic (exact) mass is 293 g/mol. The molecule has 1 aromatic carbocycles. The first-order chi connectivity index (χ1) is 9.04. The van der Waals surface area contributed by atoms with Crippen LogP contribution >= 0.6 is 22.9 Å². The van der Waals surface area contributed by atoms with Crippen LogP contribution in [0.3, 0.4) is 0 Å². The first-order valence-corrected chi connectivity index (χ1v) is 7.79. The van der Waals surface area contributed by atoms with Crippen molar-refractivity contribution in [1.82, 2.24) is 5.32 Å². The standard InChI is InChI=1S/C16H20ClNS/c1-5-18-15(13-9-12(4)16(17)19-13)14-10(2)7-6-8-11(14)3/h6-9,15,18H,5H2,1-4H3. The van der Waals surface area contributed by atoms with Crippen molar-refractivity contribution in [1.29, 1.82) is 0 Å². The van der Waals surface area contributed by atoms with E-state index in [1.807, 2.05) is 0 Å². The molecule has 1 nitrogen and oxygen atoms in total. The van der Waals surface area contributed by atoms with Crippen molar-refractivity contribution in [3.63, 3.8) is 0 Å². The molecule has 2 aromatic rings. The Bertz CT molecular complexity index is 534. The Hall–Kier alpha value is -0.830. The number of nitrogens with one attached hydrogen (secondary N) is 1. The van der Waals surface area contributed by atoms with E-state index in [1.165, 1.54) is 21.6 Å².